The van der Waals surface area contributed by atoms with E-state index in [1.807, 2.05) is 12.1 Å². The summed E-state index contributed by atoms with van der Waals surface area (Å²) in [5.74, 6) is 1.24. The molecule has 4 rings (SSSR count). The summed E-state index contributed by atoms with van der Waals surface area (Å²) >= 11 is 0. The van der Waals surface area contributed by atoms with Crippen molar-refractivity contribution in [3.05, 3.63) is 71.8 Å². The van der Waals surface area contributed by atoms with Crippen LogP contribution in [0, 0.1) is 11.8 Å². The molecular weight excluding hydrogens is 244 g/mol. The molecule has 20 heavy (non-hydrogen) atoms. The molecule has 2 aromatic rings. The van der Waals surface area contributed by atoms with Crippen LogP contribution < -0.4 is 0 Å². The van der Waals surface area contributed by atoms with E-state index < -0.39 is 0 Å². The van der Waals surface area contributed by atoms with E-state index in [9.17, 15) is 4.79 Å². The van der Waals surface area contributed by atoms with Gasteiger partial charge in [0, 0.05) is 5.92 Å². The Hall–Kier alpha value is -1.89. The summed E-state index contributed by atoms with van der Waals surface area (Å²) < 4.78 is 0. The molecule has 0 aromatic heterocycles. The molecule has 2 aliphatic rings. The third-order valence-corrected chi connectivity index (χ3v) is 5.26. The number of Topliss-reactive ketones (excluding diaryl/α,β-unsaturated/α-hetero) is 1. The van der Waals surface area contributed by atoms with Gasteiger partial charge in [0.1, 0.15) is 0 Å². The van der Waals surface area contributed by atoms with Gasteiger partial charge in [-0.3, -0.25) is 4.79 Å². The van der Waals surface area contributed by atoms with E-state index in [4.69, 9.17) is 0 Å². The summed E-state index contributed by atoms with van der Waals surface area (Å²) in [4.78, 5) is 13.0. The van der Waals surface area contributed by atoms with Crippen molar-refractivity contribution in [1.82, 2.24) is 0 Å². The van der Waals surface area contributed by atoms with Crippen molar-refractivity contribution in [1.29, 1.82) is 0 Å². The predicted octanol–water partition coefficient (Wildman–Crippen LogP) is 3.97. The highest BCUT2D eigenvalue weighted by atomic mass is 16.1. The van der Waals surface area contributed by atoms with E-state index in [0.717, 1.165) is 6.42 Å². The smallest absolute Gasteiger partial charge is 0.151 e. The topological polar surface area (TPSA) is 17.1 Å². The summed E-state index contributed by atoms with van der Waals surface area (Å²) in [5, 5.41) is 0. The normalized spacial score (nSPS) is 26.9. The van der Waals surface area contributed by atoms with Crippen LogP contribution in [0.15, 0.2) is 60.7 Å². The number of benzene rings is 2. The molecule has 0 amide bonds. The first kappa shape index (κ1) is 11.9. The van der Waals surface area contributed by atoms with Crippen LogP contribution >= 0.6 is 0 Å². The quantitative estimate of drug-likeness (QED) is 0.800. The lowest BCUT2D eigenvalue weighted by Crippen LogP contribution is -2.59. The van der Waals surface area contributed by atoms with E-state index >= 15 is 0 Å². The molecule has 1 nitrogen and oxygen atoms in total. The summed E-state index contributed by atoms with van der Waals surface area (Å²) in [6.07, 6.45) is 3.47. The van der Waals surface area contributed by atoms with Crippen molar-refractivity contribution >= 4 is 5.78 Å². The molecule has 2 aliphatic carbocycles. The van der Waals surface area contributed by atoms with Gasteiger partial charge < -0.3 is 0 Å². The van der Waals surface area contributed by atoms with Crippen LogP contribution in [0.3, 0.4) is 0 Å². The first-order chi connectivity index (χ1) is 9.85. The molecule has 1 heteroatoms. The fourth-order valence-corrected chi connectivity index (χ4v) is 4.45. The van der Waals surface area contributed by atoms with E-state index in [0.29, 0.717) is 17.6 Å². The lowest BCUT2D eigenvalue weighted by atomic mass is 9.48. The molecule has 0 spiro atoms. The highest BCUT2D eigenvalue weighted by molar-refractivity contribution is 6.02. The average Bonchev–Trinajstić information content (AvgIpc) is 2.95. The first-order valence-corrected chi connectivity index (χ1v) is 7.50. The van der Waals surface area contributed by atoms with E-state index in [-0.39, 0.29) is 5.41 Å². The maximum absolute atomic E-state index is 13.0. The fourth-order valence-electron chi connectivity index (χ4n) is 4.45. The number of rotatable bonds is 2. The summed E-state index contributed by atoms with van der Waals surface area (Å²) in [6.45, 7) is 0. The molecule has 0 aliphatic heterocycles. The summed E-state index contributed by atoms with van der Waals surface area (Å²) in [7, 11) is 0. The Bertz CT molecular complexity index is 590. The highest BCUT2D eigenvalue weighted by Gasteiger charge is 2.64. The van der Waals surface area contributed by atoms with Crippen LogP contribution in [0.1, 0.15) is 30.4 Å². The van der Waals surface area contributed by atoms with Crippen molar-refractivity contribution in [2.45, 2.75) is 24.7 Å². The second-order valence-electron chi connectivity index (χ2n) is 6.05. The third-order valence-electron chi connectivity index (χ3n) is 5.26. The van der Waals surface area contributed by atoms with Gasteiger partial charge in [0.15, 0.2) is 5.78 Å². The number of carbonyl (C=O) groups excluding carboxylic acids is 1. The van der Waals surface area contributed by atoms with Crippen molar-refractivity contribution in [3.63, 3.8) is 0 Å². The van der Waals surface area contributed by atoms with E-state index in [2.05, 4.69) is 48.5 Å². The molecule has 0 saturated heterocycles. The van der Waals surface area contributed by atoms with Gasteiger partial charge >= 0.3 is 0 Å². The van der Waals surface area contributed by atoms with Gasteiger partial charge in [-0.05, 0) is 29.9 Å². The summed E-state index contributed by atoms with van der Waals surface area (Å²) in [6, 6.07) is 20.8. The van der Waals surface area contributed by atoms with Gasteiger partial charge in [-0.15, -0.1) is 0 Å². The Kier molecular flexibility index (Phi) is 2.56. The Morgan fingerprint density at radius 1 is 0.800 bits per heavy atom. The van der Waals surface area contributed by atoms with Gasteiger partial charge in [0.25, 0.3) is 0 Å². The Balaban J connectivity index is 1.93. The zero-order chi connectivity index (χ0) is 13.6. The summed E-state index contributed by atoms with van der Waals surface area (Å²) in [5.41, 5.74) is 1.99. The number of hydrogen-bond acceptors (Lipinski definition) is 1. The fraction of sp³-hybridized carbons (Fsp3) is 0.316. The van der Waals surface area contributed by atoms with Crippen LogP contribution in [0.4, 0.5) is 0 Å². The molecule has 0 heterocycles. The Labute approximate surface area is 119 Å². The van der Waals surface area contributed by atoms with Gasteiger partial charge in [-0.1, -0.05) is 67.1 Å². The van der Waals surface area contributed by atoms with Crippen molar-refractivity contribution in [3.8, 4) is 0 Å². The number of carbonyl (C=O) groups is 1. The Morgan fingerprint density at radius 2 is 1.35 bits per heavy atom. The van der Waals surface area contributed by atoms with Gasteiger partial charge in [0.05, 0.1) is 5.41 Å². The third kappa shape index (κ3) is 1.35. The molecule has 2 saturated carbocycles. The lowest BCUT2D eigenvalue weighted by molar-refractivity contribution is -0.141. The second-order valence-corrected chi connectivity index (χ2v) is 6.05. The molecule has 2 atom stereocenters. The zero-order valence-corrected chi connectivity index (χ0v) is 11.5. The SMILES string of the molecule is O=C1C2CCCC2C1(c1ccccc1)c1ccccc1. The monoisotopic (exact) mass is 262 g/mol. The number of hydrogen-bond donors (Lipinski definition) is 0. The molecule has 0 N–H and O–H groups in total. The lowest BCUT2D eigenvalue weighted by Gasteiger charge is -2.51. The average molecular weight is 262 g/mol. The number of ketones is 1. The first-order valence-electron chi connectivity index (χ1n) is 7.50. The van der Waals surface area contributed by atoms with Crippen LogP contribution in [-0.4, -0.2) is 5.78 Å². The predicted molar refractivity (Wildman–Crippen MR) is 79.5 cm³/mol. The van der Waals surface area contributed by atoms with Crippen molar-refractivity contribution < 1.29 is 4.79 Å². The maximum Gasteiger partial charge on any atom is 0.151 e. The minimum absolute atomic E-state index is 0.301. The van der Waals surface area contributed by atoms with Crippen molar-refractivity contribution in [2.75, 3.05) is 0 Å². The van der Waals surface area contributed by atoms with Crippen LogP contribution in [-0.2, 0) is 10.2 Å². The van der Waals surface area contributed by atoms with Gasteiger partial charge in [-0.2, -0.15) is 0 Å². The van der Waals surface area contributed by atoms with Crippen LogP contribution in [0.5, 0.6) is 0 Å². The molecule has 0 radical (unpaired) electrons. The highest BCUT2D eigenvalue weighted by Crippen LogP contribution is 2.60. The maximum atomic E-state index is 13.0. The molecule has 2 unspecified atom stereocenters. The minimum atomic E-state index is -0.371. The minimum Gasteiger partial charge on any atom is -0.298 e. The van der Waals surface area contributed by atoms with Gasteiger partial charge in [0.2, 0.25) is 0 Å². The van der Waals surface area contributed by atoms with E-state index in [1.165, 1.54) is 24.0 Å². The molecule has 100 valence electrons. The van der Waals surface area contributed by atoms with Crippen LogP contribution in [0.25, 0.3) is 0 Å². The zero-order valence-electron chi connectivity index (χ0n) is 11.5. The van der Waals surface area contributed by atoms with Crippen LogP contribution in [0.2, 0.25) is 0 Å². The van der Waals surface area contributed by atoms with E-state index in [1.54, 1.807) is 0 Å². The largest absolute Gasteiger partial charge is 0.298 e. The second kappa shape index (κ2) is 4.31. The molecule has 0 bridgehead atoms. The standard InChI is InChI=1S/C19H18O/c20-18-16-12-7-13-17(16)19(18,14-8-3-1-4-9-14)15-10-5-2-6-11-15/h1-6,8-11,16-17H,7,12-13H2. The van der Waals surface area contributed by atoms with Crippen molar-refractivity contribution in [2.24, 2.45) is 11.8 Å². The number of fused-ring (bicyclic) bond motifs is 1. The Morgan fingerprint density at radius 3 is 1.90 bits per heavy atom. The molecule has 2 fully saturated rings. The molecule has 2 aromatic carbocycles. The van der Waals surface area contributed by atoms with Gasteiger partial charge in [-0.25, -0.2) is 0 Å². The molecular formula is C19H18O.